The topological polar surface area (TPSA) is 102 Å². The molecule has 1 spiro atoms. The van der Waals surface area contributed by atoms with Crippen LogP contribution in [0.3, 0.4) is 0 Å². The molecule has 116 valence electrons. The van der Waals surface area contributed by atoms with Crippen molar-refractivity contribution in [3.05, 3.63) is 0 Å². The second-order valence-corrected chi connectivity index (χ2v) is 6.31. The van der Waals surface area contributed by atoms with Crippen LogP contribution >= 0.6 is 0 Å². The van der Waals surface area contributed by atoms with Crippen LogP contribution < -0.4 is 5.32 Å². The van der Waals surface area contributed by atoms with Gasteiger partial charge in [0, 0.05) is 18.9 Å². The Hall–Kier alpha value is -0.840. The first-order chi connectivity index (χ1) is 9.16. The van der Waals surface area contributed by atoms with Crippen molar-refractivity contribution < 1.29 is 36.0 Å². The zero-order valence-corrected chi connectivity index (χ0v) is 11.3. The third-order valence-corrected chi connectivity index (χ3v) is 4.32. The van der Waals surface area contributed by atoms with Gasteiger partial charge in [-0.15, -0.1) is 0 Å². The number of amides is 1. The Balaban J connectivity index is 1.91. The number of alkyl halides is 2. The molecular weight excluding hydrogens is 300 g/mol. The normalized spacial score (nSPS) is 23.9. The third kappa shape index (κ3) is 2.92. The van der Waals surface area contributed by atoms with Gasteiger partial charge in [-0.05, 0) is 12.8 Å². The Morgan fingerprint density at radius 3 is 2.20 bits per heavy atom. The first-order valence-electron chi connectivity index (χ1n) is 6.10. The van der Waals surface area contributed by atoms with E-state index in [9.17, 15) is 22.0 Å². The van der Waals surface area contributed by atoms with Gasteiger partial charge < -0.3 is 14.8 Å². The van der Waals surface area contributed by atoms with Crippen LogP contribution in [0.4, 0.5) is 8.78 Å². The van der Waals surface area contributed by atoms with E-state index in [4.69, 9.17) is 14.0 Å². The number of halogens is 2. The fraction of sp³-hybridized carbons (Fsp3) is 0.900. The van der Waals surface area contributed by atoms with E-state index in [0.29, 0.717) is 38.9 Å². The molecule has 20 heavy (non-hydrogen) atoms. The van der Waals surface area contributed by atoms with Crippen molar-refractivity contribution >= 4 is 16.0 Å². The molecule has 0 bridgehead atoms. The van der Waals surface area contributed by atoms with Crippen LogP contribution in [0.15, 0.2) is 0 Å². The predicted octanol–water partition coefficient (Wildman–Crippen LogP) is 0.269. The summed E-state index contributed by atoms with van der Waals surface area (Å²) in [5.41, 5.74) is 0. The lowest BCUT2D eigenvalue weighted by Crippen LogP contribution is -2.51. The molecule has 1 aliphatic carbocycles. The van der Waals surface area contributed by atoms with Crippen molar-refractivity contribution in [3.63, 3.8) is 0 Å². The van der Waals surface area contributed by atoms with Crippen molar-refractivity contribution in [2.45, 2.75) is 42.8 Å². The molecule has 0 aromatic carbocycles. The van der Waals surface area contributed by atoms with Gasteiger partial charge in [0.1, 0.15) is 0 Å². The standard InChI is InChI=1S/C10H15F2NO6S/c11-10(12,20(15,16)17)8(14)13-7-1-3-9(4-2-7)18-5-6-19-9/h7H,1-6H2,(H,13,14)(H,15,16,17). The maximum atomic E-state index is 13.1. The number of hydrogen-bond acceptors (Lipinski definition) is 5. The molecule has 0 aromatic heterocycles. The number of carbonyl (C=O) groups excluding carboxylic acids is 1. The van der Waals surface area contributed by atoms with Gasteiger partial charge in [0.25, 0.3) is 0 Å². The molecular formula is C10H15F2NO6S. The molecule has 1 heterocycles. The number of nitrogens with one attached hydrogen (secondary N) is 1. The zero-order valence-electron chi connectivity index (χ0n) is 10.5. The van der Waals surface area contributed by atoms with E-state index in [1.165, 1.54) is 0 Å². The SMILES string of the molecule is O=C(NC1CCC2(CC1)OCCO2)C(F)(F)S(=O)(=O)O. The molecule has 2 aliphatic rings. The first kappa shape index (κ1) is 15.5. The lowest BCUT2D eigenvalue weighted by molar-refractivity contribution is -0.180. The van der Waals surface area contributed by atoms with Gasteiger partial charge in [0.15, 0.2) is 5.79 Å². The van der Waals surface area contributed by atoms with Crippen molar-refractivity contribution in [2.24, 2.45) is 0 Å². The summed E-state index contributed by atoms with van der Waals surface area (Å²) in [7, 11) is -5.77. The van der Waals surface area contributed by atoms with Gasteiger partial charge in [-0.1, -0.05) is 0 Å². The number of rotatable bonds is 3. The Morgan fingerprint density at radius 2 is 1.75 bits per heavy atom. The average molecular weight is 315 g/mol. The summed E-state index contributed by atoms with van der Waals surface area (Å²) in [6.45, 7) is 0.940. The fourth-order valence-corrected chi connectivity index (χ4v) is 2.67. The van der Waals surface area contributed by atoms with Crippen molar-refractivity contribution in [1.82, 2.24) is 5.32 Å². The quantitative estimate of drug-likeness (QED) is 0.725. The minimum atomic E-state index is -5.77. The zero-order chi connectivity index (χ0) is 15.0. The molecule has 0 unspecified atom stereocenters. The summed E-state index contributed by atoms with van der Waals surface area (Å²) in [6, 6.07) is -0.603. The highest BCUT2D eigenvalue weighted by atomic mass is 32.2. The highest BCUT2D eigenvalue weighted by Gasteiger charge is 2.53. The summed E-state index contributed by atoms with van der Waals surface area (Å²) in [6.07, 6.45) is 1.51. The van der Waals surface area contributed by atoms with Gasteiger partial charge >= 0.3 is 21.3 Å². The summed E-state index contributed by atoms with van der Waals surface area (Å²) < 4.78 is 66.2. The molecule has 1 aliphatic heterocycles. The van der Waals surface area contributed by atoms with Gasteiger partial charge in [-0.25, -0.2) is 0 Å². The Kier molecular flexibility index (Phi) is 4.02. The van der Waals surface area contributed by atoms with E-state index in [0.717, 1.165) is 0 Å². The summed E-state index contributed by atoms with van der Waals surface area (Å²) in [5, 5.41) is -2.91. The van der Waals surface area contributed by atoms with E-state index in [1.54, 1.807) is 0 Å². The largest absolute Gasteiger partial charge is 0.446 e. The molecule has 0 radical (unpaired) electrons. The minimum Gasteiger partial charge on any atom is -0.348 e. The van der Waals surface area contributed by atoms with Crippen LogP contribution in [0.2, 0.25) is 0 Å². The van der Waals surface area contributed by atoms with Crippen LogP contribution in [0, 0.1) is 0 Å². The van der Waals surface area contributed by atoms with Crippen molar-refractivity contribution in [2.75, 3.05) is 13.2 Å². The lowest BCUT2D eigenvalue weighted by atomic mass is 9.90. The van der Waals surface area contributed by atoms with Crippen LogP contribution in [0.5, 0.6) is 0 Å². The fourth-order valence-electron chi connectivity index (χ4n) is 2.37. The van der Waals surface area contributed by atoms with E-state index in [2.05, 4.69) is 0 Å². The average Bonchev–Trinajstić information content (AvgIpc) is 2.79. The lowest BCUT2D eigenvalue weighted by Gasteiger charge is -2.35. The predicted molar refractivity (Wildman–Crippen MR) is 61.5 cm³/mol. The second kappa shape index (κ2) is 5.17. The number of carbonyl (C=O) groups is 1. The monoisotopic (exact) mass is 315 g/mol. The highest BCUT2D eigenvalue weighted by molar-refractivity contribution is 7.87. The van der Waals surface area contributed by atoms with Crippen LogP contribution in [-0.2, 0) is 24.4 Å². The van der Waals surface area contributed by atoms with Gasteiger partial charge in [0.2, 0.25) is 0 Å². The minimum absolute atomic E-state index is 0.327. The molecule has 7 nitrogen and oxygen atoms in total. The van der Waals surface area contributed by atoms with E-state index >= 15 is 0 Å². The summed E-state index contributed by atoms with van der Waals surface area (Å²) >= 11 is 0. The maximum absolute atomic E-state index is 13.1. The molecule has 1 saturated heterocycles. The maximum Gasteiger partial charge on any atom is 0.446 e. The molecule has 10 heteroatoms. The summed E-state index contributed by atoms with van der Waals surface area (Å²) in [4.78, 5) is 11.2. The van der Waals surface area contributed by atoms with E-state index in [1.807, 2.05) is 5.32 Å². The van der Waals surface area contributed by atoms with Crippen molar-refractivity contribution in [3.8, 4) is 0 Å². The van der Waals surface area contributed by atoms with Gasteiger partial charge in [0.05, 0.1) is 13.2 Å². The van der Waals surface area contributed by atoms with E-state index < -0.39 is 33.1 Å². The van der Waals surface area contributed by atoms with Crippen LogP contribution in [0.25, 0.3) is 0 Å². The Morgan fingerprint density at radius 1 is 1.25 bits per heavy atom. The van der Waals surface area contributed by atoms with Crippen molar-refractivity contribution in [1.29, 1.82) is 0 Å². The van der Waals surface area contributed by atoms with Crippen LogP contribution in [0.1, 0.15) is 25.7 Å². The van der Waals surface area contributed by atoms with Crippen LogP contribution in [-0.4, -0.2) is 49.2 Å². The second-order valence-electron chi connectivity index (χ2n) is 4.85. The highest BCUT2D eigenvalue weighted by Crippen LogP contribution is 2.36. The molecule has 2 rings (SSSR count). The Bertz CT molecular complexity index is 478. The molecule has 0 atom stereocenters. The molecule has 2 N–H and O–H groups in total. The smallest absolute Gasteiger partial charge is 0.348 e. The van der Waals surface area contributed by atoms with E-state index in [-0.39, 0.29) is 0 Å². The molecule has 0 aromatic rings. The third-order valence-electron chi connectivity index (χ3n) is 3.48. The Labute approximate surface area is 114 Å². The van der Waals surface area contributed by atoms with Gasteiger partial charge in [-0.2, -0.15) is 17.2 Å². The summed E-state index contributed by atoms with van der Waals surface area (Å²) in [5.74, 6) is -2.72. The first-order valence-corrected chi connectivity index (χ1v) is 7.54. The van der Waals surface area contributed by atoms with Gasteiger partial charge in [-0.3, -0.25) is 9.35 Å². The molecule has 1 saturated carbocycles. The number of ether oxygens (including phenoxy) is 2. The number of hydrogen-bond donors (Lipinski definition) is 2. The molecule has 2 fully saturated rings. The molecule has 1 amide bonds.